The van der Waals surface area contributed by atoms with Crippen LogP contribution in [0.3, 0.4) is 0 Å². The van der Waals surface area contributed by atoms with Gasteiger partial charge in [0.1, 0.15) is 5.75 Å². The number of para-hydroxylation sites is 1. The van der Waals surface area contributed by atoms with Crippen molar-refractivity contribution in [2.24, 2.45) is 0 Å². The zero-order chi connectivity index (χ0) is 19.4. The quantitative estimate of drug-likeness (QED) is 0.535. The predicted molar refractivity (Wildman–Crippen MR) is 99.6 cm³/mol. The van der Waals surface area contributed by atoms with Crippen molar-refractivity contribution in [3.63, 3.8) is 0 Å². The fraction of sp³-hybridized carbons (Fsp3) is 0.190. The van der Waals surface area contributed by atoms with E-state index in [2.05, 4.69) is 4.98 Å². The Hall–Kier alpha value is -3.59. The van der Waals surface area contributed by atoms with Crippen molar-refractivity contribution in [3.8, 4) is 11.8 Å². The summed E-state index contributed by atoms with van der Waals surface area (Å²) in [6, 6.07) is 15.9. The van der Waals surface area contributed by atoms with E-state index in [9.17, 15) is 9.59 Å². The number of ether oxygens (including phenoxy) is 2. The number of aryl methyl sites for hydroxylation is 1. The molecule has 3 aromatic rings. The molecule has 1 N–H and O–H groups in total. The van der Waals surface area contributed by atoms with Crippen LogP contribution in [0.1, 0.15) is 28.5 Å². The number of aromatic amines is 1. The smallest absolute Gasteiger partial charge is 0.347 e. The van der Waals surface area contributed by atoms with Gasteiger partial charge in [0.25, 0.3) is 0 Å². The van der Waals surface area contributed by atoms with Crippen LogP contribution >= 0.6 is 0 Å². The van der Waals surface area contributed by atoms with Crippen LogP contribution in [-0.4, -0.2) is 29.4 Å². The molecule has 1 atom stereocenters. The van der Waals surface area contributed by atoms with E-state index in [1.807, 2.05) is 37.3 Å². The van der Waals surface area contributed by atoms with Gasteiger partial charge in [-0.1, -0.05) is 18.2 Å². The number of benzene rings is 2. The van der Waals surface area contributed by atoms with Crippen molar-refractivity contribution in [1.29, 1.82) is 5.26 Å². The topological polar surface area (TPSA) is 92.2 Å². The molecule has 6 heteroatoms. The van der Waals surface area contributed by atoms with Crippen molar-refractivity contribution >= 4 is 22.7 Å². The lowest BCUT2D eigenvalue weighted by atomic mass is 10.1. The van der Waals surface area contributed by atoms with Gasteiger partial charge in [0, 0.05) is 22.2 Å². The Labute approximate surface area is 156 Å². The maximum Gasteiger partial charge on any atom is 0.347 e. The van der Waals surface area contributed by atoms with Gasteiger partial charge in [0.2, 0.25) is 5.78 Å². The van der Waals surface area contributed by atoms with E-state index >= 15 is 0 Å². The molecule has 2 aromatic carbocycles. The molecule has 0 saturated carbocycles. The van der Waals surface area contributed by atoms with Gasteiger partial charge >= 0.3 is 5.97 Å². The number of hydrogen-bond acceptors (Lipinski definition) is 5. The van der Waals surface area contributed by atoms with Crippen LogP contribution in [0.15, 0.2) is 48.5 Å². The molecule has 136 valence electrons. The van der Waals surface area contributed by atoms with E-state index in [4.69, 9.17) is 14.7 Å². The molecule has 0 amide bonds. The number of esters is 1. The van der Waals surface area contributed by atoms with Gasteiger partial charge in [0.05, 0.1) is 11.6 Å². The lowest BCUT2D eigenvalue weighted by Gasteiger charge is -2.13. The van der Waals surface area contributed by atoms with E-state index < -0.39 is 12.1 Å². The van der Waals surface area contributed by atoms with E-state index in [1.165, 1.54) is 0 Å². The first-order valence-corrected chi connectivity index (χ1v) is 8.43. The number of carbonyl (C=O) groups is 2. The summed E-state index contributed by atoms with van der Waals surface area (Å²) >= 11 is 0. The number of H-pyrrole nitrogens is 1. The monoisotopic (exact) mass is 362 g/mol. The maximum absolute atomic E-state index is 12.5. The molecule has 1 aromatic heterocycles. The highest BCUT2D eigenvalue weighted by atomic mass is 16.6. The van der Waals surface area contributed by atoms with Gasteiger partial charge in [-0.2, -0.15) is 5.26 Å². The Morgan fingerprint density at radius 3 is 2.56 bits per heavy atom. The molecule has 6 nitrogen and oxygen atoms in total. The summed E-state index contributed by atoms with van der Waals surface area (Å²) < 4.78 is 10.6. The van der Waals surface area contributed by atoms with E-state index in [0.717, 1.165) is 16.6 Å². The first-order chi connectivity index (χ1) is 13.0. The summed E-state index contributed by atoms with van der Waals surface area (Å²) in [4.78, 5) is 27.8. The molecule has 27 heavy (non-hydrogen) atoms. The Morgan fingerprint density at radius 2 is 1.85 bits per heavy atom. The molecule has 0 aliphatic rings. The lowest BCUT2D eigenvalue weighted by Crippen LogP contribution is -2.28. The SMILES string of the molecule is Cc1[nH]c2ccccc2c1C(=O)COC(=O)[C@H](C)Oc1ccc(C#N)cc1. The third-order valence-corrected chi connectivity index (χ3v) is 4.15. The first kappa shape index (κ1) is 18.2. The van der Waals surface area contributed by atoms with Crippen LogP contribution in [0.25, 0.3) is 10.9 Å². The third kappa shape index (κ3) is 3.98. The minimum absolute atomic E-state index is 0.274. The van der Waals surface area contributed by atoms with E-state index in [0.29, 0.717) is 16.9 Å². The Kier molecular flexibility index (Phi) is 5.23. The van der Waals surface area contributed by atoms with E-state index in [1.54, 1.807) is 31.2 Å². The van der Waals surface area contributed by atoms with Crippen molar-refractivity contribution in [3.05, 3.63) is 65.4 Å². The number of nitrogens with zero attached hydrogens (tertiary/aromatic N) is 1. The van der Waals surface area contributed by atoms with Crippen molar-refractivity contribution < 1.29 is 19.1 Å². The minimum atomic E-state index is -0.880. The predicted octanol–water partition coefficient (Wildman–Crippen LogP) is 3.54. The van der Waals surface area contributed by atoms with Crippen LogP contribution < -0.4 is 4.74 Å². The minimum Gasteiger partial charge on any atom is -0.479 e. The summed E-state index contributed by atoms with van der Waals surface area (Å²) in [5, 5.41) is 9.59. The average Bonchev–Trinajstić information content (AvgIpc) is 3.02. The fourth-order valence-corrected chi connectivity index (χ4v) is 2.82. The molecule has 0 spiro atoms. The largest absolute Gasteiger partial charge is 0.479 e. The molecule has 0 fully saturated rings. The zero-order valence-corrected chi connectivity index (χ0v) is 15.0. The highest BCUT2D eigenvalue weighted by Crippen LogP contribution is 2.22. The molecule has 0 unspecified atom stereocenters. The van der Waals surface area contributed by atoms with Crippen molar-refractivity contribution in [2.75, 3.05) is 6.61 Å². The van der Waals surface area contributed by atoms with Gasteiger partial charge in [0.15, 0.2) is 12.7 Å². The molecular weight excluding hydrogens is 344 g/mol. The lowest BCUT2D eigenvalue weighted by molar-refractivity contribution is -0.149. The number of aromatic nitrogens is 1. The number of ketones is 1. The number of rotatable bonds is 6. The molecule has 3 rings (SSSR count). The van der Waals surface area contributed by atoms with Crippen LogP contribution in [0.2, 0.25) is 0 Å². The fourth-order valence-electron chi connectivity index (χ4n) is 2.82. The van der Waals surface area contributed by atoms with Crippen LogP contribution in [0.5, 0.6) is 5.75 Å². The van der Waals surface area contributed by atoms with Crippen molar-refractivity contribution in [1.82, 2.24) is 4.98 Å². The average molecular weight is 362 g/mol. The van der Waals surface area contributed by atoms with Crippen LogP contribution in [-0.2, 0) is 9.53 Å². The Morgan fingerprint density at radius 1 is 1.15 bits per heavy atom. The second-order valence-electron chi connectivity index (χ2n) is 6.10. The highest BCUT2D eigenvalue weighted by Gasteiger charge is 2.21. The summed E-state index contributed by atoms with van der Waals surface area (Å²) in [5.74, 6) is -0.466. The first-order valence-electron chi connectivity index (χ1n) is 8.43. The zero-order valence-electron chi connectivity index (χ0n) is 15.0. The van der Waals surface area contributed by atoms with Gasteiger partial charge in [-0.25, -0.2) is 4.79 Å². The summed E-state index contributed by atoms with van der Waals surface area (Å²) in [6.45, 7) is 3.00. The normalized spacial score (nSPS) is 11.6. The second kappa shape index (κ2) is 7.75. The summed E-state index contributed by atoms with van der Waals surface area (Å²) in [6.07, 6.45) is -0.880. The van der Waals surface area contributed by atoms with Gasteiger partial charge in [-0.15, -0.1) is 0 Å². The third-order valence-electron chi connectivity index (χ3n) is 4.15. The molecule has 0 radical (unpaired) electrons. The van der Waals surface area contributed by atoms with Crippen molar-refractivity contribution in [2.45, 2.75) is 20.0 Å². The standard InChI is InChI=1S/C21H18N2O4/c1-13-20(17-5-3-4-6-18(17)23-13)19(24)12-26-21(25)14(2)27-16-9-7-15(11-22)8-10-16/h3-10,14,23H,12H2,1-2H3/t14-/m0/s1. The maximum atomic E-state index is 12.5. The molecule has 0 bridgehead atoms. The summed E-state index contributed by atoms with van der Waals surface area (Å²) in [5.41, 5.74) is 2.62. The molecule has 1 heterocycles. The number of carbonyl (C=O) groups excluding carboxylic acids is 2. The second-order valence-corrected chi connectivity index (χ2v) is 6.10. The van der Waals surface area contributed by atoms with Gasteiger partial charge in [-0.3, -0.25) is 4.79 Å². The van der Waals surface area contributed by atoms with E-state index in [-0.39, 0.29) is 12.4 Å². The highest BCUT2D eigenvalue weighted by molar-refractivity contribution is 6.10. The molecular formula is C21H18N2O4. The van der Waals surface area contributed by atoms with Gasteiger partial charge in [-0.05, 0) is 44.2 Å². The number of nitrogens with one attached hydrogen (secondary N) is 1. The Balaban J connectivity index is 1.61. The van der Waals surface area contributed by atoms with Crippen LogP contribution in [0, 0.1) is 18.3 Å². The molecule has 0 aliphatic carbocycles. The number of nitriles is 1. The molecule has 0 aliphatic heterocycles. The Bertz CT molecular complexity index is 1030. The number of Topliss-reactive ketones (excluding diaryl/α,β-unsaturated/α-hetero) is 1. The van der Waals surface area contributed by atoms with Crippen LogP contribution in [0.4, 0.5) is 0 Å². The number of hydrogen-bond donors (Lipinski definition) is 1. The summed E-state index contributed by atoms with van der Waals surface area (Å²) in [7, 11) is 0. The van der Waals surface area contributed by atoms with Gasteiger partial charge < -0.3 is 14.5 Å². The number of fused-ring (bicyclic) bond motifs is 1. The molecule has 0 saturated heterocycles.